The van der Waals surface area contributed by atoms with Crippen molar-refractivity contribution in [3.05, 3.63) is 59.3 Å². The van der Waals surface area contributed by atoms with Gasteiger partial charge in [-0.05, 0) is 41.5 Å². The Labute approximate surface area is 161 Å². The second kappa shape index (κ2) is 5.76. The number of aromatic nitrogens is 1. The third kappa shape index (κ3) is 2.16. The van der Waals surface area contributed by atoms with Gasteiger partial charge in [0.25, 0.3) is 5.91 Å². The highest BCUT2D eigenvalue weighted by molar-refractivity contribution is 6.05. The van der Waals surface area contributed by atoms with Crippen molar-refractivity contribution in [3.8, 4) is 11.5 Å². The minimum absolute atomic E-state index is 0.116. The van der Waals surface area contributed by atoms with Gasteiger partial charge in [0, 0.05) is 30.1 Å². The van der Waals surface area contributed by atoms with Crippen LogP contribution in [0, 0.1) is 0 Å². The summed E-state index contributed by atoms with van der Waals surface area (Å²) in [6, 6.07) is 11.2. The molecule has 2 aliphatic heterocycles. The standard InChI is InChI=1S/C21H19N3O4/c1-23-20(26)17-10-15-14-9-13(28-2)6-7-16(14)22-18(15)19(24(17)21(23)27)11-4-3-5-12(25)8-11/h3-9,17,19,22,25H,10H2,1-2H3. The number of phenolic OH excluding ortho intramolecular Hbond substituents is 1. The largest absolute Gasteiger partial charge is 0.508 e. The van der Waals surface area contributed by atoms with E-state index in [0.717, 1.165) is 33.5 Å². The summed E-state index contributed by atoms with van der Waals surface area (Å²) in [5.74, 6) is 0.639. The van der Waals surface area contributed by atoms with Gasteiger partial charge in [0.05, 0.1) is 7.11 Å². The van der Waals surface area contributed by atoms with Crippen LogP contribution in [0.4, 0.5) is 4.79 Å². The fraction of sp³-hybridized carbons (Fsp3) is 0.238. The van der Waals surface area contributed by atoms with Gasteiger partial charge in [0.1, 0.15) is 23.6 Å². The van der Waals surface area contributed by atoms with Crippen molar-refractivity contribution in [3.63, 3.8) is 0 Å². The summed E-state index contributed by atoms with van der Waals surface area (Å²) < 4.78 is 5.37. The first-order valence-corrected chi connectivity index (χ1v) is 9.07. The number of imide groups is 1. The molecule has 1 saturated heterocycles. The average molecular weight is 377 g/mol. The number of methoxy groups -OCH3 is 1. The first kappa shape index (κ1) is 16.7. The van der Waals surface area contributed by atoms with Crippen molar-refractivity contribution in [2.24, 2.45) is 0 Å². The maximum Gasteiger partial charge on any atom is 0.328 e. The Morgan fingerprint density at radius 1 is 1.18 bits per heavy atom. The average Bonchev–Trinajstić information content (AvgIpc) is 3.17. The van der Waals surface area contributed by atoms with Crippen molar-refractivity contribution in [2.45, 2.75) is 18.5 Å². The smallest absolute Gasteiger partial charge is 0.328 e. The number of carbonyl (C=O) groups is 2. The second-order valence-electron chi connectivity index (χ2n) is 7.23. The number of urea groups is 1. The normalized spacial score (nSPS) is 21.2. The van der Waals surface area contributed by atoms with Gasteiger partial charge in [-0.3, -0.25) is 14.6 Å². The second-order valence-corrected chi connectivity index (χ2v) is 7.23. The molecule has 3 aromatic rings. The van der Waals surface area contributed by atoms with Crippen molar-refractivity contribution in [1.82, 2.24) is 14.8 Å². The molecule has 3 amide bonds. The molecule has 2 atom stereocenters. The summed E-state index contributed by atoms with van der Waals surface area (Å²) >= 11 is 0. The van der Waals surface area contributed by atoms with E-state index in [1.54, 1.807) is 30.2 Å². The van der Waals surface area contributed by atoms with Crippen molar-refractivity contribution in [2.75, 3.05) is 14.2 Å². The molecule has 1 aromatic heterocycles. The Morgan fingerprint density at radius 3 is 2.75 bits per heavy atom. The molecule has 2 unspecified atom stereocenters. The lowest BCUT2D eigenvalue weighted by molar-refractivity contribution is -0.127. The van der Waals surface area contributed by atoms with Crippen molar-refractivity contribution in [1.29, 1.82) is 0 Å². The summed E-state index contributed by atoms with van der Waals surface area (Å²) in [4.78, 5) is 31.9. The molecule has 0 bridgehead atoms. The van der Waals surface area contributed by atoms with E-state index in [-0.39, 0.29) is 17.7 Å². The number of phenols is 1. The zero-order valence-electron chi connectivity index (χ0n) is 15.5. The van der Waals surface area contributed by atoms with Gasteiger partial charge >= 0.3 is 6.03 Å². The number of hydrogen-bond acceptors (Lipinski definition) is 4. The van der Waals surface area contributed by atoms with E-state index >= 15 is 0 Å². The van der Waals surface area contributed by atoms with E-state index in [1.807, 2.05) is 24.3 Å². The molecule has 2 aliphatic rings. The Bertz CT molecular complexity index is 1140. The third-order valence-electron chi connectivity index (χ3n) is 5.74. The van der Waals surface area contributed by atoms with E-state index in [2.05, 4.69) is 4.98 Å². The lowest BCUT2D eigenvalue weighted by Gasteiger charge is -2.36. The number of ether oxygens (including phenoxy) is 1. The van der Waals surface area contributed by atoms with Crippen LogP contribution in [0.3, 0.4) is 0 Å². The molecule has 0 radical (unpaired) electrons. The minimum Gasteiger partial charge on any atom is -0.508 e. The summed E-state index contributed by atoms with van der Waals surface area (Å²) in [7, 11) is 3.13. The molecule has 0 spiro atoms. The zero-order valence-corrected chi connectivity index (χ0v) is 15.5. The number of benzene rings is 2. The Balaban J connectivity index is 1.78. The molecule has 5 rings (SSSR count). The SMILES string of the molecule is COc1ccc2[nH]c3c(c2c1)CC1C(=O)N(C)C(=O)N1C3c1cccc(O)c1. The molecule has 0 aliphatic carbocycles. The highest BCUT2D eigenvalue weighted by Crippen LogP contribution is 2.44. The maximum absolute atomic E-state index is 12.9. The number of fused-ring (bicyclic) bond motifs is 4. The van der Waals surface area contributed by atoms with Crippen LogP contribution in [-0.4, -0.2) is 52.0 Å². The van der Waals surface area contributed by atoms with Crippen molar-refractivity contribution >= 4 is 22.8 Å². The van der Waals surface area contributed by atoms with Gasteiger partial charge in [-0.1, -0.05) is 12.1 Å². The van der Waals surface area contributed by atoms with E-state index in [1.165, 1.54) is 11.9 Å². The summed E-state index contributed by atoms with van der Waals surface area (Å²) in [6.07, 6.45) is 0.437. The zero-order chi connectivity index (χ0) is 19.6. The van der Waals surface area contributed by atoms with Gasteiger partial charge < -0.3 is 14.8 Å². The predicted octanol–water partition coefficient (Wildman–Crippen LogP) is 2.79. The molecular formula is C21H19N3O4. The van der Waals surface area contributed by atoms with Crippen LogP contribution in [0.15, 0.2) is 42.5 Å². The number of amides is 3. The molecular weight excluding hydrogens is 358 g/mol. The lowest BCUT2D eigenvalue weighted by Crippen LogP contribution is -2.44. The summed E-state index contributed by atoms with van der Waals surface area (Å²) in [5, 5.41) is 11.0. The topological polar surface area (TPSA) is 85.9 Å². The van der Waals surface area contributed by atoms with Gasteiger partial charge in [-0.2, -0.15) is 0 Å². The first-order valence-electron chi connectivity index (χ1n) is 9.07. The van der Waals surface area contributed by atoms with E-state index in [4.69, 9.17) is 4.74 Å². The van der Waals surface area contributed by atoms with Gasteiger partial charge in [-0.25, -0.2) is 4.79 Å². The highest BCUT2D eigenvalue weighted by atomic mass is 16.5. The van der Waals surface area contributed by atoms with Crippen molar-refractivity contribution < 1.29 is 19.4 Å². The number of H-pyrrole nitrogens is 1. The molecule has 0 saturated carbocycles. The molecule has 28 heavy (non-hydrogen) atoms. The summed E-state index contributed by atoms with van der Waals surface area (Å²) in [6.45, 7) is 0. The monoisotopic (exact) mass is 377 g/mol. The fourth-order valence-corrected chi connectivity index (χ4v) is 4.40. The van der Waals surface area contributed by atoms with Crippen LogP contribution < -0.4 is 4.74 Å². The van der Waals surface area contributed by atoms with Gasteiger partial charge in [0.2, 0.25) is 0 Å². The Morgan fingerprint density at radius 2 is 2.00 bits per heavy atom. The number of aromatic amines is 1. The number of rotatable bonds is 2. The van der Waals surface area contributed by atoms with Crippen LogP contribution in [0.5, 0.6) is 11.5 Å². The molecule has 142 valence electrons. The van der Waals surface area contributed by atoms with Crippen LogP contribution in [0.25, 0.3) is 10.9 Å². The number of aromatic hydroxyl groups is 1. The molecule has 1 fully saturated rings. The molecule has 7 nitrogen and oxygen atoms in total. The van der Waals surface area contributed by atoms with E-state index < -0.39 is 12.1 Å². The number of nitrogens with zero attached hydrogens (tertiary/aromatic N) is 2. The molecule has 7 heteroatoms. The van der Waals surface area contributed by atoms with Crippen LogP contribution in [-0.2, 0) is 11.2 Å². The van der Waals surface area contributed by atoms with Crippen LogP contribution >= 0.6 is 0 Å². The fourth-order valence-electron chi connectivity index (χ4n) is 4.40. The Kier molecular flexibility index (Phi) is 3.43. The molecule has 3 heterocycles. The quantitative estimate of drug-likeness (QED) is 0.673. The number of likely N-dealkylation sites (N-methyl/N-ethyl adjacent to an activating group) is 1. The summed E-state index contributed by atoms with van der Waals surface area (Å²) in [5.41, 5.74) is 3.53. The highest BCUT2D eigenvalue weighted by Gasteiger charge is 2.51. The Hall–Kier alpha value is -3.48. The first-order chi connectivity index (χ1) is 13.5. The third-order valence-corrected chi connectivity index (χ3v) is 5.74. The van der Waals surface area contributed by atoms with E-state index in [0.29, 0.717) is 6.42 Å². The van der Waals surface area contributed by atoms with E-state index in [9.17, 15) is 14.7 Å². The van der Waals surface area contributed by atoms with Gasteiger partial charge in [-0.15, -0.1) is 0 Å². The van der Waals surface area contributed by atoms with Crippen LogP contribution in [0.2, 0.25) is 0 Å². The molecule has 2 aromatic carbocycles. The predicted molar refractivity (Wildman–Crippen MR) is 102 cm³/mol. The number of hydrogen-bond donors (Lipinski definition) is 2. The lowest BCUT2D eigenvalue weighted by atomic mass is 9.89. The van der Waals surface area contributed by atoms with Gasteiger partial charge in [0.15, 0.2) is 0 Å². The maximum atomic E-state index is 12.9. The van der Waals surface area contributed by atoms with Crippen LogP contribution in [0.1, 0.15) is 22.9 Å². The minimum atomic E-state index is -0.567. The number of nitrogens with one attached hydrogen (secondary N) is 1. The molecule has 2 N–H and O–H groups in total. The number of carbonyl (C=O) groups excluding carboxylic acids is 2.